The zero-order valence-electron chi connectivity index (χ0n) is 11.3. The molecule has 0 fully saturated rings. The van der Waals surface area contributed by atoms with Gasteiger partial charge in [-0.25, -0.2) is 4.98 Å². The number of thiazole rings is 1. The van der Waals surface area contributed by atoms with Crippen molar-refractivity contribution in [1.29, 1.82) is 0 Å². The van der Waals surface area contributed by atoms with Crippen LogP contribution in [0.3, 0.4) is 0 Å². The van der Waals surface area contributed by atoms with E-state index in [4.69, 9.17) is 16.7 Å². The molecule has 1 N–H and O–H groups in total. The van der Waals surface area contributed by atoms with Gasteiger partial charge in [-0.2, -0.15) is 0 Å². The van der Waals surface area contributed by atoms with E-state index in [2.05, 4.69) is 4.98 Å². The number of aromatic nitrogens is 1. The van der Waals surface area contributed by atoms with Crippen LogP contribution >= 0.6 is 22.9 Å². The zero-order chi connectivity index (χ0) is 14.7. The smallest absolute Gasteiger partial charge is 0.323 e. The van der Waals surface area contributed by atoms with Crippen molar-refractivity contribution in [1.82, 2.24) is 4.98 Å². The number of hydrogen-bond donors (Lipinski definition) is 1. The predicted octanol–water partition coefficient (Wildman–Crippen LogP) is 3.50. The third-order valence-electron chi connectivity index (χ3n) is 2.85. The molecule has 0 bridgehead atoms. The lowest BCUT2D eigenvalue weighted by Crippen LogP contribution is -2.29. The predicted molar refractivity (Wildman–Crippen MR) is 81.7 cm³/mol. The number of nitrogens with zero attached hydrogens (tertiary/aromatic N) is 2. The highest BCUT2D eigenvalue weighted by Crippen LogP contribution is 2.24. The van der Waals surface area contributed by atoms with Gasteiger partial charge in [0.2, 0.25) is 0 Å². The van der Waals surface area contributed by atoms with Crippen LogP contribution < -0.4 is 4.90 Å². The fourth-order valence-electron chi connectivity index (χ4n) is 1.95. The molecular formula is C14H15ClN2O2S. The SMILES string of the molecule is Cc1nc(C)c(CN(CC(=O)O)c2ccc(Cl)cc2)s1. The molecule has 0 atom stereocenters. The van der Waals surface area contributed by atoms with Crippen molar-refractivity contribution in [2.24, 2.45) is 0 Å². The Balaban J connectivity index is 2.25. The molecule has 6 heteroatoms. The van der Waals surface area contributed by atoms with Gasteiger partial charge in [0.05, 0.1) is 17.2 Å². The molecule has 2 rings (SSSR count). The Morgan fingerprint density at radius 1 is 1.35 bits per heavy atom. The Hall–Kier alpha value is -1.59. The molecule has 0 aliphatic heterocycles. The van der Waals surface area contributed by atoms with Gasteiger partial charge in [-0.1, -0.05) is 11.6 Å². The van der Waals surface area contributed by atoms with Crippen LogP contribution in [0.15, 0.2) is 24.3 Å². The number of carboxylic acids is 1. The Bertz CT molecular complexity index is 610. The standard InChI is InChI=1S/C14H15ClN2O2S/c1-9-13(20-10(2)16-9)7-17(8-14(18)19)12-5-3-11(15)4-6-12/h3-6H,7-8H2,1-2H3,(H,18,19). The maximum atomic E-state index is 11.1. The summed E-state index contributed by atoms with van der Waals surface area (Å²) in [6.07, 6.45) is 0. The summed E-state index contributed by atoms with van der Waals surface area (Å²) in [6, 6.07) is 7.18. The monoisotopic (exact) mass is 310 g/mol. The Kier molecular flexibility index (Phi) is 4.62. The lowest BCUT2D eigenvalue weighted by Gasteiger charge is -2.22. The molecule has 0 spiro atoms. The summed E-state index contributed by atoms with van der Waals surface area (Å²) in [4.78, 5) is 18.3. The number of aliphatic carboxylic acids is 1. The van der Waals surface area contributed by atoms with Crippen LogP contribution in [-0.2, 0) is 11.3 Å². The van der Waals surface area contributed by atoms with Crippen molar-refractivity contribution in [3.8, 4) is 0 Å². The van der Waals surface area contributed by atoms with Crippen LogP contribution in [0.25, 0.3) is 0 Å². The number of carboxylic acid groups (broad SMARTS) is 1. The van der Waals surface area contributed by atoms with E-state index in [0.29, 0.717) is 11.6 Å². The maximum absolute atomic E-state index is 11.1. The zero-order valence-corrected chi connectivity index (χ0v) is 12.8. The molecule has 0 amide bonds. The summed E-state index contributed by atoms with van der Waals surface area (Å²) in [6.45, 7) is 4.37. The number of aryl methyl sites for hydroxylation is 2. The first-order chi connectivity index (χ1) is 9.45. The third-order valence-corrected chi connectivity index (χ3v) is 4.16. The summed E-state index contributed by atoms with van der Waals surface area (Å²) in [5.74, 6) is -0.862. The lowest BCUT2D eigenvalue weighted by molar-refractivity contribution is -0.135. The number of anilines is 1. The first-order valence-corrected chi connectivity index (χ1v) is 7.30. The minimum absolute atomic E-state index is 0.0575. The number of halogens is 1. The van der Waals surface area contributed by atoms with Crippen LogP contribution in [0.1, 0.15) is 15.6 Å². The Morgan fingerprint density at radius 3 is 2.50 bits per heavy atom. The number of carbonyl (C=O) groups is 1. The average molecular weight is 311 g/mol. The molecule has 4 nitrogen and oxygen atoms in total. The summed E-state index contributed by atoms with van der Waals surface area (Å²) in [5, 5.41) is 10.7. The quantitative estimate of drug-likeness (QED) is 0.918. The van der Waals surface area contributed by atoms with Crippen LogP contribution in [0.4, 0.5) is 5.69 Å². The van der Waals surface area contributed by atoms with Crippen molar-refractivity contribution in [3.05, 3.63) is 44.9 Å². The first kappa shape index (κ1) is 14.8. The molecule has 0 aliphatic carbocycles. The van der Waals surface area contributed by atoms with E-state index in [0.717, 1.165) is 21.3 Å². The van der Waals surface area contributed by atoms with Gasteiger partial charge >= 0.3 is 5.97 Å². The summed E-state index contributed by atoms with van der Waals surface area (Å²) < 4.78 is 0. The van der Waals surface area contributed by atoms with Gasteiger partial charge in [0.15, 0.2) is 0 Å². The molecule has 20 heavy (non-hydrogen) atoms. The van der Waals surface area contributed by atoms with Gasteiger partial charge in [-0.05, 0) is 38.1 Å². The van der Waals surface area contributed by atoms with Crippen molar-refractivity contribution >= 4 is 34.6 Å². The highest BCUT2D eigenvalue weighted by molar-refractivity contribution is 7.11. The molecule has 0 unspecified atom stereocenters. The normalized spacial score (nSPS) is 10.6. The maximum Gasteiger partial charge on any atom is 0.323 e. The van der Waals surface area contributed by atoms with Crippen molar-refractivity contribution < 1.29 is 9.90 Å². The molecule has 2 aromatic rings. The van der Waals surface area contributed by atoms with Gasteiger partial charge in [-0.3, -0.25) is 4.79 Å². The van der Waals surface area contributed by atoms with E-state index >= 15 is 0 Å². The number of rotatable bonds is 5. The van der Waals surface area contributed by atoms with Crippen molar-refractivity contribution in [2.45, 2.75) is 20.4 Å². The average Bonchev–Trinajstić information content (AvgIpc) is 2.67. The third kappa shape index (κ3) is 3.71. The minimum Gasteiger partial charge on any atom is -0.480 e. The van der Waals surface area contributed by atoms with Gasteiger partial charge in [0, 0.05) is 15.6 Å². The summed E-state index contributed by atoms with van der Waals surface area (Å²) >= 11 is 7.46. The van der Waals surface area contributed by atoms with E-state index in [-0.39, 0.29) is 6.54 Å². The minimum atomic E-state index is -0.862. The summed E-state index contributed by atoms with van der Waals surface area (Å²) in [7, 11) is 0. The molecule has 0 aliphatic rings. The Morgan fingerprint density at radius 2 is 2.00 bits per heavy atom. The Labute approximate surface area is 126 Å². The molecule has 1 aromatic heterocycles. The van der Waals surface area contributed by atoms with E-state index in [1.54, 1.807) is 28.4 Å². The van der Waals surface area contributed by atoms with Gasteiger partial charge in [-0.15, -0.1) is 11.3 Å². The molecule has 0 radical (unpaired) electrons. The van der Waals surface area contributed by atoms with E-state index in [9.17, 15) is 4.79 Å². The second-order valence-corrected chi connectivity index (χ2v) is 6.19. The largest absolute Gasteiger partial charge is 0.480 e. The van der Waals surface area contributed by atoms with Gasteiger partial charge < -0.3 is 10.0 Å². The molecule has 1 aromatic carbocycles. The van der Waals surface area contributed by atoms with Gasteiger partial charge in [0.1, 0.15) is 6.54 Å². The van der Waals surface area contributed by atoms with E-state index in [1.807, 2.05) is 26.0 Å². The highest BCUT2D eigenvalue weighted by Gasteiger charge is 2.14. The fourth-order valence-corrected chi connectivity index (χ4v) is 3.03. The van der Waals surface area contributed by atoms with Gasteiger partial charge in [0.25, 0.3) is 0 Å². The van der Waals surface area contributed by atoms with E-state index in [1.165, 1.54) is 0 Å². The van der Waals surface area contributed by atoms with Crippen LogP contribution in [0, 0.1) is 13.8 Å². The molecule has 0 saturated heterocycles. The second kappa shape index (κ2) is 6.24. The molecular weight excluding hydrogens is 296 g/mol. The molecule has 106 valence electrons. The van der Waals surface area contributed by atoms with Crippen molar-refractivity contribution in [2.75, 3.05) is 11.4 Å². The van der Waals surface area contributed by atoms with Crippen LogP contribution in [0.2, 0.25) is 5.02 Å². The first-order valence-electron chi connectivity index (χ1n) is 6.11. The summed E-state index contributed by atoms with van der Waals surface area (Å²) in [5.41, 5.74) is 1.79. The van der Waals surface area contributed by atoms with Crippen LogP contribution in [0.5, 0.6) is 0 Å². The number of benzene rings is 1. The molecule has 0 saturated carbocycles. The van der Waals surface area contributed by atoms with Crippen molar-refractivity contribution in [3.63, 3.8) is 0 Å². The van der Waals surface area contributed by atoms with Crippen LogP contribution in [-0.4, -0.2) is 22.6 Å². The fraction of sp³-hybridized carbons (Fsp3) is 0.286. The topological polar surface area (TPSA) is 53.4 Å². The second-order valence-electron chi connectivity index (χ2n) is 4.47. The highest BCUT2D eigenvalue weighted by atomic mass is 35.5. The number of hydrogen-bond acceptors (Lipinski definition) is 4. The lowest BCUT2D eigenvalue weighted by atomic mass is 10.2. The van der Waals surface area contributed by atoms with E-state index < -0.39 is 5.97 Å². The molecule has 1 heterocycles.